The van der Waals surface area contributed by atoms with Crippen molar-refractivity contribution in [3.05, 3.63) is 87.9 Å². The predicted molar refractivity (Wildman–Crippen MR) is 166 cm³/mol. The van der Waals surface area contributed by atoms with Gasteiger partial charge >= 0.3 is 0 Å². The molecule has 0 heterocycles. The van der Waals surface area contributed by atoms with Crippen molar-refractivity contribution in [3.63, 3.8) is 0 Å². The molecule has 0 saturated heterocycles. The molecule has 3 rings (SSSR count). The van der Waals surface area contributed by atoms with Gasteiger partial charge in [-0.3, -0.25) is 13.9 Å². The fraction of sp³-hybridized carbons (Fsp3) is 0.333. The maximum Gasteiger partial charge on any atom is 0.264 e. The summed E-state index contributed by atoms with van der Waals surface area (Å²) in [5.74, 6) is -0.294. The highest BCUT2D eigenvalue weighted by atomic mass is 79.9. The van der Waals surface area contributed by atoms with Gasteiger partial charge < -0.3 is 15.0 Å². The molecule has 0 spiro atoms. The second-order valence-corrected chi connectivity index (χ2v) is 12.8. The Balaban J connectivity index is 2.03. The van der Waals surface area contributed by atoms with Crippen LogP contribution >= 0.6 is 27.5 Å². The lowest BCUT2D eigenvalue weighted by atomic mass is 10.1. The molecule has 0 fully saturated rings. The molecule has 2 atom stereocenters. The largest absolute Gasteiger partial charge is 0.494 e. The highest BCUT2D eigenvalue weighted by Gasteiger charge is 2.33. The number of nitrogens with one attached hydrogen (secondary N) is 1. The molecular weight excluding hydrogens is 630 g/mol. The van der Waals surface area contributed by atoms with E-state index in [2.05, 4.69) is 21.2 Å². The molecule has 41 heavy (non-hydrogen) atoms. The van der Waals surface area contributed by atoms with Gasteiger partial charge in [0.15, 0.2) is 0 Å². The normalized spacial score (nSPS) is 12.7. The average Bonchev–Trinajstić information content (AvgIpc) is 2.95. The van der Waals surface area contributed by atoms with E-state index in [0.717, 1.165) is 20.8 Å². The molecule has 0 aliphatic heterocycles. The minimum absolute atomic E-state index is 0.0234. The molecule has 0 aliphatic carbocycles. The van der Waals surface area contributed by atoms with Crippen LogP contribution in [0.1, 0.15) is 39.7 Å². The molecule has 11 heteroatoms. The maximum atomic E-state index is 14.0. The van der Waals surface area contributed by atoms with Crippen LogP contribution in [0.2, 0.25) is 5.02 Å². The fourth-order valence-corrected chi connectivity index (χ4v) is 6.00. The van der Waals surface area contributed by atoms with E-state index in [1.54, 1.807) is 31.2 Å². The Morgan fingerprint density at radius 3 is 2.24 bits per heavy atom. The minimum atomic E-state index is -4.19. The van der Waals surface area contributed by atoms with E-state index in [4.69, 9.17) is 16.3 Å². The van der Waals surface area contributed by atoms with Crippen LogP contribution in [0.15, 0.2) is 82.2 Å². The Hall–Kier alpha value is -3.08. The van der Waals surface area contributed by atoms with Gasteiger partial charge in [-0.25, -0.2) is 8.42 Å². The van der Waals surface area contributed by atoms with Crippen molar-refractivity contribution < 1.29 is 22.7 Å². The molecule has 0 saturated carbocycles. The fourth-order valence-electron chi connectivity index (χ4n) is 4.02. The predicted octanol–water partition coefficient (Wildman–Crippen LogP) is 6.03. The number of benzene rings is 3. The van der Waals surface area contributed by atoms with Crippen LogP contribution in [0, 0.1) is 0 Å². The molecule has 3 aromatic rings. The van der Waals surface area contributed by atoms with Crippen LogP contribution < -0.4 is 14.4 Å². The van der Waals surface area contributed by atoms with Gasteiger partial charge in [0.05, 0.1) is 17.2 Å². The zero-order chi connectivity index (χ0) is 30.2. The first kappa shape index (κ1) is 32.4. The second kappa shape index (κ2) is 14.7. The van der Waals surface area contributed by atoms with Gasteiger partial charge in [-0.15, -0.1) is 0 Å². The standard InChI is InChI=1S/C30H35BrClN3O5S/c1-5-21(3)33-30(37)22(4)34(19-23-8-7-9-24(31)18-23)29(36)20-35(26-12-14-27(15-13-26)40-6-2)41(38,39)28-16-10-25(32)11-17-28/h7-18,21-22H,5-6,19-20H2,1-4H3,(H,33,37)/t21-,22-/m0/s1. The Kier molecular flexibility index (Phi) is 11.6. The SMILES string of the molecule is CCOc1ccc(N(CC(=O)N(Cc2cccc(Br)c2)[C@@H](C)C(=O)N[C@@H](C)CC)S(=O)(=O)c2ccc(Cl)cc2)cc1. The van der Waals surface area contributed by atoms with Gasteiger partial charge in [0, 0.05) is 22.1 Å². The first-order valence-corrected chi connectivity index (χ1v) is 15.9. The Morgan fingerprint density at radius 1 is 1.00 bits per heavy atom. The number of carbonyl (C=O) groups excluding carboxylic acids is 2. The van der Waals surface area contributed by atoms with Gasteiger partial charge in [0.2, 0.25) is 11.8 Å². The summed E-state index contributed by atoms with van der Waals surface area (Å²) >= 11 is 9.46. The van der Waals surface area contributed by atoms with E-state index in [0.29, 0.717) is 17.4 Å². The van der Waals surface area contributed by atoms with Crippen molar-refractivity contribution in [3.8, 4) is 5.75 Å². The van der Waals surface area contributed by atoms with Gasteiger partial charge in [0.25, 0.3) is 10.0 Å². The summed E-state index contributed by atoms with van der Waals surface area (Å²) in [5.41, 5.74) is 1.06. The Labute approximate surface area is 255 Å². The van der Waals surface area contributed by atoms with Gasteiger partial charge in [-0.05, 0) is 93.4 Å². The number of rotatable bonds is 13. The zero-order valence-electron chi connectivity index (χ0n) is 23.5. The van der Waals surface area contributed by atoms with E-state index in [1.807, 2.05) is 45.0 Å². The van der Waals surface area contributed by atoms with Crippen molar-refractivity contribution in [2.75, 3.05) is 17.5 Å². The third-order valence-electron chi connectivity index (χ3n) is 6.53. The Morgan fingerprint density at radius 2 is 1.66 bits per heavy atom. The quantitative estimate of drug-likeness (QED) is 0.241. The smallest absolute Gasteiger partial charge is 0.264 e. The molecule has 0 bridgehead atoms. The first-order chi connectivity index (χ1) is 19.5. The third kappa shape index (κ3) is 8.70. The van der Waals surface area contributed by atoms with Crippen molar-refractivity contribution in [2.45, 2.75) is 57.6 Å². The number of nitrogens with zero attached hydrogens (tertiary/aromatic N) is 2. The lowest BCUT2D eigenvalue weighted by Gasteiger charge is -2.32. The van der Waals surface area contributed by atoms with Crippen LogP contribution in [-0.4, -0.2) is 50.4 Å². The van der Waals surface area contributed by atoms with E-state index >= 15 is 0 Å². The van der Waals surface area contributed by atoms with Crippen molar-refractivity contribution in [1.82, 2.24) is 10.2 Å². The maximum absolute atomic E-state index is 14.0. The number of anilines is 1. The average molecular weight is 665 g/mol. The highest BCUT2D eigenvalue weighted by molar-refractivity contribution is 9.10. The highest BCUT2D eigenvalue weighted by Crippen LogP contribution is 2.27. The van der Waals surface area contributed by atoms with Crippen molar-refractivity contribution in [2.24, 2.45) is 0 Å². The van der Waals surface area contributed by atoms with Crippen LogP contribution in [0.3, 0.4) is 0 Å². The number of halogens is 2. The van der Waals surface area contributed by atoms with E-state index < -0.39 is 28.5 Å². The molecule has 1 N–H and O–H groups in total. The number of ether oxygens (including phenoxy) is 1. The van der Waals surface area contributed by atoms with Crippen LogP contribution in [-0.2, 0) is 26.2 Å². The molecule has 220 valence electrons. The van der Waals surface area contributed by atoms with Crippen LogP contribution in [0.4, 0.5) is 5.69 Å². The van der Waals surface area contributed by atoms with E-state index in [1.165, 1.54) is 29.2 Å². The lowest BCUT2D eigenvalue weighted by Crippen LogP contribution is -2.52. The molecule has 0 aromatic heterocycles. The summed E-state index contributed by atoms with van der Waals surface area (Å²) in [6, 6.07) is 18.7. The summed E-state index contributed by atoms with van der Waals surface area (Å²) < 4.78 is 35.2. The first-order valence-electron chi connectivity index (χ1n) is 13.3. The monoisotopic (exact) mass is 663 g/mol. The summed E-state index contributed by atoms with van der Waals surface area (Å²) in [6.07, 6.45) is 0.725. The van der Waals surface area contributed by atoms with E-state index in [9.17, 15) is 18.0 Å². The van der Waals surface area contributed by atoms with Crippen LogP contribution in [0.5, 0.6) is 5.75 Å². The van der Waals surface area contributed by atoms with Gasteiger partial charge in [0.1, 0.15) is 18.3 Å². The summed E-state index contributed by atoms with van der Waals surface area (Å²) in [4.78, 5) is 28.5. The van der Waals surface area contributed by atoms with Crippen molar-refractivity contribution in [1.29, 1.82) is 0 Å². The molecular formula is C30H35BrClN3O5S. The topological polar surface area (TPSA) is 96.0 Å². The molecule has 3 aromatic carbocycles. The van der Waals surface area contributed by atoms with Gasteiger partial charge in [-0.2, -0.15) is 0 Å². The second-order valence-electron chi connectivity index (χ2n) is 9.54. The zero-order valence-corrected chi connectivity index (χ0v) is 26.7. The minimum Gasteiger partial charge on any atom is -0.494 e. The lowest BCUT2D eigenvalue weighted by molar-refractivity contribution is -0.139. The Bertz CT molecular complexity index is 1440. The van der Waals surface area contributed by atoms with Crippen molar-refractivity contribution >= 4 is 55.1 Å². The third-order valence-corrected chi connectivity index (χ3v) is 9.06. The molecule has 0 aliphatic rings. The number of sulfonamides is 1. The summed E-state index contributed by atoms with van der Waals surface area (Å²) in [7, 11) is -4.19. The summed E-state index contributed by atoms with van der Waals surface area (Å²) in [6.45, 7) is 7.35. The van der Waals surface area contributed by atoms with Gasteiger partial charge in [-0.1, -0.05) is 46.6 Å². The molecule has 8 nitrogen and oxygen atoms in total. The molecule has 0 radical (unpaired) electrons. The summed E-state index contributed by atoms with van der Waals surface area (Å²) in [5, 5.41) is 3.31. The number of hydrogen-bond donors (Lipinski definition) is 1. The van der Waals surface area contributed by atoms with Crippen LogP contribution in [0.25, 0.3) is 0 Å². The molecule has 2 amide bonds. The molecule has 0 unspecified atom stereocenters. The number of hydrogen-bond acceptors (Lipinski definition) is 5. The van der Waals surface area contributed by atoms with E-state index in [-0.39, 0.29) is 29.1 Å². The number of amides is 2. The number of carbonyl (C=O) groups is 2.